The van der Waals surface area contributed by atoms with Crippen LogP contribution in [0.5, 0.6) is 0 Å². The average molecular weight is 516 g/mol. The van der Waals surface area contributed by atoms with Crippen molar-refractivity contribution < 1.29 is 13.2 Å². The summed E-state index contributed by atoms with van der Waals surface area (Å²) in [4.78, 5) is 23.9. The lowest BCUT2D eigenvalue weighted by Crippen LogP contribution is -2.44. The first kappa shape index (κ1) is 24.1. The highest BCUT2D eigenvalue weighted by molar-refractivity contribution is 6.05. The van der Waals surface area contributed by atoms with Crippen molar-refractivity contribution in [2.45, 2.75) is 13.1 Å². The summed E-state index contributed by atoms with van der Waals surface area (Å²) in [5, 5.41) is 4.48. The number of pyridine rings is 3. The molecule has 1 N–H and O–H groups in total. The van der Waals surface area contributed by atoms with Gasteiger partial charge >= 0.3 is 6.18 Å². The van der Waals surface area contributed by atoms with Crippen molar-refractivity contribution in [2.75, 3.05) is 31.1 Å². The molecule has 0 amide bonds. The predicted octanol–water partition coefficient (Wildman–Crippen LogP) is 5.34. The van der Waals surface area contributed by atoms with E-state index in [0.29, 0.717) is 48.0 Å². The molecule has 38 heavy (non-hydrogen) atoms. The molecule has 6 rings (SSSR count). The van der Waals surface area contributed by atoms with E-state index in [1.165, 1.54) is 16.7 Å². The molecule has 192 valence electrons. The van der Waals surface area contributed by atoms with Gasteiger partial charge in [-0.15, -0.1) is 0 Å². The second kappa shape index (κ2) is 9.25. The monoisotopic (exact) mass is 515 g/mol. The second-order valence-corrected chi connectivity index (χ2v) is 9.43. The maximum absolute atomic E-state index is 14.3. The summed E-state index contributed by atoms with van der Waals surface area (Å²) in [6.45, 7) is 4.08. The minimum Gasteiger partial charge on any atom is -0.368 e. The molecule has 0 unspecified atom stereocenters. The van der Waals surface area contributed by atoms with Crippen molar-refractivity contribution in [1.82, 2.24) is 19.9 Å². The zero-order valence-corrected chi connectivity index (χ0v) is 20.6. The third kappa shape index (κ3) is 4.28. The maximum Gasteiger partial charge on any atom is 0.418 e. The molecule has 0 atom stereocenters. The van der Waals surface area contributed by atoms with Crippen molar-refractivity contribution in [3.8, 4) is 16.8 Å². The number of anilines is 1. The number of hydrogen-bond donors (Lipinski definition) is 1. The van der Waals surface area contributed by atoms with Crippen molar-refractivity contribution in [3.05, 3.63) is 94.7 Å². The predicted molar refractivity (Wildman–Crippen MR) is 143 cm³/mol. The Kier molecular flexibility index (Phi) is 5.87. The molecule has 0 radical (unpaired) electrons. The van der Waals surface area contributed by atoms with Gasteiger partial charge in [0.15, 0.2) is 0 Å². The lowest BCUT2D eigenvalue weighted by Gasteiger charge is -2.32. The average Bonchev–Trinajstić information content (AvgIpc) is 2.93. The Balaban J connectivity index is 1.60. The van der Waals surface area contributed by atoms with Crippen LogP contribution in [0.3, 0.4) is 0 Å². The first-order valence-electron chi connectivity index (χ1n) is 12.3. The highest BCUT2D eigenvalue weighted by Gasteiger charge is 2.36. The van der Waals surface area contributed by atoms with E-state index in [0.717, 1.165) is 22.9 Å². The quantitative estimate of drug-likeness (QED) is 0.329. The Labute approximate surface area is 216 Å². The molecule has 3 aromatic heterocycles. The van der Waals surface area contributed by atoms with Gasteiger partial charge in [0.1, 0.15) is 0 Å². The minimum absolute atomic E-state index is 0.122. The molecular weight excluding hydrogens is 491 g/mol. The molecule has 1 fully saturated rings. The fourth-order valence-corrected chi connectivity index (χ4v) is 5.06. The Morgan fingerprint density at radius 1 is 0.868 bits per heavy atom. The third-order valence-electron chi connectivity index (χ3n) is 6.96. The largest absolute Gasteiger partial charge is 0.418 e. The molecule has 0 bridgehead atoms. The molecule has 1 saturated heterocycles. The van der Waals surface area contributed by atoms with E-state index in [-0.39, 0.29) is 11.4 Å². The zero-order valence-electron chi connectivity index (χ0n) is 20.6. The number of piperazine rings is 1. The van der Waals surface area contributed by atoms with Gasteiger partial charge in [-0.25, -0.2) is 0 Å². The summed E-state index contributed by atoms with van der Waals surface area (Å²) in [6.07, 6.45) is -1.17. The van der Waals surface area contributed by atoms with E-state index < -0.39 is 17.3 Å². The van der Waals surface area contributed by atoms with Gasteiger partial charge < -0.3 is 10.2 Å². The van der Waals surface area contributed by atoms with Gasteiger partial charge in [0.05, 0.1) is 22.3 Å². The van der Waals surface area contributed by atoms with Crippen LogP contribution in [0.1, 0.15) is 11.3 Å². The van der Waals surface area contributed by atoms with Gasteiger partial charge in [0.2, 0.25) is 0 Å². The number of benzene rings is 2. The van der Waals surface area contributed by atoms with E-state index in [9.17, 15) is 18.0 Å². The number of hydrogen-bond acceptors (Lipinski definition) is 5. The number of rotatable bonds is 3. The Morgan fingerprint density at radius 3 is 2.39 bits per heavy atom. The van der Waals surface area contributed by atoms with Crippen molar-refractivity contribution in [2.24, 2.45) is 0 Å². The Bertz CT molecular complexity index is 1720. The molecule has 0 spiro atoms. The molecule has 6 nitrogen and oxygen atoms in total. The maximum atomic E-state index is 14.3. The first-order valence-corrected chi connectivity index (χ1v) is 12.3. The van der Waals surface area contributed by atoms with Crippen LogP contribution in [0.25, 0.3) is 38.6 Å². The molecule has 1 aliphatic rings. The van der Waals surface area contributed by atoms with E-state index in [4.69, 9.17) is 0 Å². The van der Waals surface area contributed by atoms with Crippen LogP contribution in [0.15, 0.2) is 77.9 Å². The van der Waals surface area contributed by atoms with Crippen LogP contribution < -0.4 is 15.8 Å². The van der Waals surface area contributed by atoms with Gasteiger partial charge in [-0.2, -0.15) is 13.2 Å². The number of aryl methyl sites for hydroxylation is 1. The molecule has 4 heterocycles. The van der Waals surface area contributed by atoms with Crippen LogP contribution >= 0.6 is 0 Å². The van der Waals surface area contributed by atoms with Crippen LogP contribution in [0.4, 0.5) is 18.9 Å². The van der Waals surface area contributed by atoms with Crippen molar-refractivity contribution >= 4 is 27.5 Å². The second-order valence-electron chi connectivity index (χ2n) is 9.43. The van der Waals surface area contributed by atoms with E-state index in [1.54, 1.807) is 29.4 Å². The number of nitrogens with zero attached hydrogens (tertiary/aromatic N) is 4. The molecule has 0 aliphatic carbocycles. The van der Waals surface area contributed by atoms with Crippen molar-refractivity contribution in [3.63, 3.8) is 0 Å². The smallest absolute Gasteiger partial charge is 0.368 e. The summed E-state index contributed by atoms with van der Waals surface area (Å²) in [7, 11) is 0. The van der Waals surface area contributed by atoms with Gasteiger partial charge in [-0.3, -0.25) is 19.3 Å². The van der Waals surface area contributed by atoms with Gasteiger partial charge in [-0.1, -0.05) is 12.1 Å². The number of aromatic nitrogens is 3. The number of nitrogens with one attached hydrogen (secondary N) is 1. The molecule has 2 aromatic carbocycles. The molecule has 5 aromatic rings. The highest BCUT2D eigenvalue weighted by Crippen LogP contribution is 2.39. The van der Waals surface area contributed by atoms with E-state index >= 15 is 0 Å². The number of fused-ring (bicyclic) bond motifs is 3. The molecule has 9 heteroatoms. The summed E-state index contributed by atoms with van der Waals surface area (Å²) in [5.74, 6) is 0. The van der Waals surface area contributed by atoms with Crippen LogP contribution in [0.2, 0.25) is 0 Å². The SMILES string of the molecule is Cc1ccc(-c2ccc3ncc4ccc(=O)n(-c5ccc(N6CCNCC6)c(C(F)(F)F)c5)c4c3c2)cn1. The van der Waals surface area contributed by atoms with Gasteiger partial charge in [-0.05, 0) is 55.0 Å². The lowest BCUT2D eigenvalue weighted by molar-refractivity contribution is -0.137. The first-order chi connectivity index (χ1) is 18.3. The number of alkyl halides is 3. The van der Waals surface area contributed by atoms with E-state index in [1.807, 2.05) is 37.3 Å². The van der Waals surface area contributed by atoms with Crippen LogP contribution in [0, 0.1) is 6.92 Å². The van der Waals surface area contributed by atoms with Gasteiger partial charge in [0.25, 0.3) is 5.56 Å². The van der Waals surface area contributed by atoms with Crippen LogP contribution in [-0.4, -0.2) is 40.7 Å². The van der Waals surface area contributed by atoms with E-state index in [2.05, 4.69) is 15.3 Å². The van der Waals surface area contributed by atoms with Gasteiger partial charge in [0, 0.05) is 72.4 Å². The fourth-order valence-electron chi connectivity index (χ4n) is 5.06. The van der Waals surface area contributed by atoms with Crippen molar-refractivity contribution in [1.29, 1.82) is 0 Å². The fraction of sp³-hybridized carbons (Fsp3) is 0.207. The molecule has 0 saturated carbocycles. The topological polar surface area (TPSA) is 63.1 Å². The Morgan fingerprint density at radius 2 is 1.66 bits per heavy atom. The molecule has 1 aliphatic heterocycles. The third-order valence-corrected chi connectivity index (χ3v) is 6.96. The zero-order chi connectivity index (χ0) is 26.4. The molecular formula is C29H24F3N5O. The summed E-state index contributed by atoms with van der Waals surface area (Å²) in [5.41, 5.74) is 2.88. The summed E-state index contributed by atoms with van der Waals surface area (Å²) in [6, 6.07) is 16.7. The number of halogens is 3. The lowest BCUT2D eigenvalue weighted by atomic mass is 10.0. The normalized spacial score (nSPS) is 14.4. The summed E-state index contributed by atoms with van der Waals surface area (Å²) < 4.78 is 44.2. The standard InChI is InChI=1S/C29H24F3N5O/c1-18-2-3-20(16-34-18)19-4-7-25-23(14-19)28-21(17-35-25)5-9-27(38)37(28)22-6-8-26(24(15-22)29(30,31)32)36-12-10-33-11-13-36/h2-9,14-17,33H,10-13H2,1H3. The highest BCUT2D eigenvalue weighted by atomic mass is 19.4. The summed E-state index contributed by atoms with van der Waals surface area (Å²) >= 11 is 0. The Hall–Kier alpha value is -4.24. The van der Waals surface area contributed by atoms with Crippen LogP contribution in [-0.2, 0) is 6.18 Å². The minimum atomic E-state index is -4.58.